The summed E-state index contributed by atoms with van der Waals surface area (Å²) < 4.78 is 40.6. The second kappa shape index (κ2) is 20.2. The van der Waals surface area contributed by atoms with E-state index in [4.69, 9.17) is 27.1 Å². The second-order valence-electron chi connectivity index (χ2n) is 20.6. The van der Waals surface area contributed by atoms with Crippen LogP contribution in [0.4, 0.5) is 0 Å². The first-order chi connectivity index (χ1) is 34.7. The minimum absolute atomic E-state index is 0.297. The Balaban J connectivity index is 0.980. The molecule has 0 atom stereocenters. The van der Waals surface area contributed by atoms with E-state index in [1.54, 1.807) is 0 Å². The lowest BCUT2D eigenvalue weighted by molar-refractivity contribution is 0.381. The van der Waals surface area contributed by atoms with Crippen molar-refractivity contribution in [3.8, 4) is 34.5 Å². The van der Waals surface area contributed by atoms with E-state index in [9.17, 15) is 0 Å². The third-order valence-corrected chi connectivity index (χ3v) is 15.6. The highest BCUT2D eigenvalue weighted by atomic mass is 31.2. The number of rotatable bonds is 15. The molecule has 0 saturated heterocycles. The summed E-state index contributed by atoms with van der Waals surface area (Å²) >= 11 is 0. The van der Waals surface area contributed by atoms with E-state index in [2.05, 4.69) is 165 Å². The molecule has 8 heteroatoms. The fourth-order valence-electron chi connectivity index (χ4n) is 9.17. The van der Waals surface area contributed by atoms with Crippen LogP contribution in [0.2, 0.25) is 0 Å². The van der Waals surface area contributed by atoms with Crippen molar-refractivity contribution in [2.24, 2.45) is 0 Å². The Kier molecular flexibility index (Phi) is 13.6. The molecule has 10 aromatic carbocycles. The highest BCUT2D eigenvalue weighted by Crippen LogP contribution is 2.50. The van der Waals surface area contributed by atoms with Gasteiger partial charge in [0, 0.05) is 16.5 Å². The zero-order valence-electron chi connectivity index (χ0n) is 42.2. The lowest BCUT2D eigenvalue weighted by Crippen LogP contribution is -2.25. The van der Waals surface area contributed by atoms with Crippen LogP contribution in [0.1, 0.15) is 84.1 Å². The Labute approximate surface area is 426 Å². The van der Waals surface area contributed by atoms with Gasteiger partial charge in [-0.3, -0.25) is 0 Å². The second-order valence-corrected chi connectivity index (χ2v) is 22.6. The number of hydrogen-bond acceptors (Lipinski definition) is 6. The molecule has 0 unspecified atom stereocenters. The van der Waals surface area contributed by atoms with Crippen molar-refractivity contribution >= 4 is 60.3 Å². The fourth-order valence-corrected chi connectivity index (χ4v) is 11.2. The van der Waals surface area contributed by atoms with Gasteiger partial charge in [0.15, 0.2) is 0 Å². The Morgan fingerprint density at radius 1 is 0.306 bits per heavy atom. The van der Waals surface area contributed by atoms with Crippen LogP contribution in [0.3, 0.4) is 0 Å². The van der Waals surface area contributed by atoms with Crippen molar-refractivity contribution in [1.29, 1.82) is 0 Å². The van der Waals surface area contributed by atoms with Gasteiger partial charge in [-0.05, 0) is 132 Å². The highest BCUT2D eigenvalue weighted by Gasteiger charge is 2.34. The first-order valence-electron chi connectivity index (χ1n) is 24.6. The van der Waals surface area contributed by atoms with E-state index >= 15 is 0 Å². The van der Waals surface area contributed by atoms with Crippen LogP contribution < -0.4 is 27.1 Å². The predicted molar refractivity (Wildman–Crippen MR) is 300 cm³/mol. The van der Waals surface area contributed by atoms with Crippen molar-refractivity contribution < 1.29 is 27.1 Å². The third kappa shape index (κ3) is 10.7. The van der Waals surface area contributed by atoms with Gasteiger partial charge in [-0.15, -0.1) is 0 Å². The van der Waals surface area contributed by atoms with Crippen molar-refractivity contribution in [2.45, 2.75) is 78.1 Å². The molecule has 0 aliphatic heterocycles. The van der Waals surface area contributed by atoms with Gasteiger partial charge in [0.05, 0.1) is 0 Å². The molecule has 0 radical (unpaired) electrons. The molecule has 0 aliphatic carbocycles. The minimum Gasteiger partial charge on any atom is -0.408 e. The summed E-state index contributed by atoms with van der Waals surface area (Å²) in [5.74, 6) is 4.10. The smallest absolute Gasteiger partial charge is 0.408 e. The largest absolute Gasteiger partial charge is 0.530 e. The van der Waals surface area contributed by atoms with E-state index < -0.39 is 17.2 Å². The van der Waals surface area contributed by atoms with Crippen molar-refractivity contribution in [1.82, 2.24) is 0 Å². The number of hydrogen-bond donors (Lipinski definition) is 0. The van der Waals surface area contributed by atoms with Gasteiger partial charge in [-0.2, -0.15) is 0 Å². The lowest BCUT2D eigenvalue weighted by atomic mass is 9.71. The topological polar surface area (TPSA) is 55.4 Å². The zero-order chi connectivity index (χ0) is 50.0. The maximum absolute atomic E-state index is 6.94. The van der Waals surface area contributed by atoms with Crippen molar-refractivity contribution in [3.05, 3.63) is 229 Å². The normalized spacial score (nSPS) is 12.2. The Hall–Kier alpha value is -7.10. The van der Waals surface area contributed by atoms with Crippen molar-refractivity contribution in [3.63, 3.8) is 0 Å². The van der Waals surface area contributed by atoms with Crippen LogP contribution in [0.25, 0.3) is 43.1 Å². The summed E-state index contributed by atoms with van der Waals surface area (Å²) in [5, 5.41) is 8.84. The lowest BCUT2D eigenvalue weighted by Gasteiger charge is -2.34. The van der Waals surface area contributed by atoms with E-state index in [1.165, 1.54) is 11.1 Å². The molecule has 0 aliphatic rings. The van der Waals surface area contributed by atoms with Crippen LogP contribution in [0.5, 0.6) is 34.5 Å². The summed E-state index contributed by atoms with van der Waals surface area (Å²) in [6.07, 6.45) is 0.840. The van der Waals surface area contributed by atoms with Crippen LogP contribution in [0, 0.1) is 0 Å². The van der Waals surface area contributed by atoms with Gasteiger partial charge in [-0.25, -0.2) is 0 Å². The number of fused-ring (bicyclic) bond motifs is 4. The molecule has 0 fully saturated rings. The van der Waals surface area contributed by atoms with Crippen molar-refractivity contribution in [2.75, 3.05) is 0 Å². The van der Waals surface area contributed by atoms with Gasteiger partial charge in [-0.1, -0.05) is 201 Å². The number of benzene rings is 10. The van der Waals surface area contributed by atoms with Crippen LogP contribution in [0.15, 0.2) is 206 Å². The molecule has 6 nitrogen and oxygen atoms in total. The quantitative estimate of drug-likeness (QED) is 0.0954. The molecule has 10 rings (SSSR count). The van der Waals surface area contributed by atoms with Gasteiger partial charge in [0.2, 0.25) is 0 Å². The van der Waals surface area contributed by atoms with E-state index in [0.29, 0.717) is 34.5 Å². The van der Waals surface area contributed by atoms with Crippen LogP contribution in [-0.2, 0) is 16.2 Å². The van der Waals surface area contributed by atoms with Crippen LogP contribution >= 0.6 is 17.2 Å². The summed E-state index contributed by atoms with van der Waals surface area (Å²) in [5.41, 5.74) is 3.46. The Morgan fingerprint density at radius 3 is 0.847 bits per heavy atom. The molecule has 0 amide bonds. The zero-order valence-corrected chi connectivity index (χ0v) is 44.0. The molecular formula is C64H60O6P2. The predicted octanol–water partition coefficient (Wildman–Crippen LogP) is 19.1. The van der Waals surface area contributed by atoms with Gasteiger partial charge >= 0.3 is 17.2 Å². The Morgan fingerprint density at radius 2 is 0.583 bits per heavy atom. The molecular weight excluding hydrogens is 927 g/mol. The first kappa shape index (κ1) is 48.5. The standard InChI is InChI=1S/C64H60O6P2/c1-9-64(8,52-30-36-60(58(42-52)62(2,3)4)69-71(65-54-32-26-44-18-10-14-22-48(44)38-54)66-55-33-27-45-19-11-15-23-49(45)39-55)53-31-37-61(59(43-53)63(5,6)7)70-72(67-56-34-28-46-20-12-16-24-50(46)40-56)68-57-35-29-47-21-13-17-25-51(47)41-57/h10-43H,9H2,1-8H3. The maximum Gasteiger partial charge on any atom is 0.530 e. The maximum atomic E-state index is 6.94. The summed E-state index contributed by atoms with van der Waals surface area (Å²) in [4.78, 5) is 0. The molecule has 72 heavy (non-hydrogen) atoms. The molecule has 10 aromatic rings. The summed E-state index contributed by atoms with van der Waals surface area (Å²) in [7, 11) is -3.92. The van der Waals surface area contributed by atoms with Crippen LogP contribution in [-0.4, -0.2) is 0 Å². The third-order valence-electron chi connectivity index (χ3n) is 13.5. The molecule has 0 N–H and O–H groups in total. The summed E-state index contributed by atoms with van der Waals surface area (Å²) in [6, 6.07) is 70.6. The molecule has 0 heterocycles. The van der Waals surface area contributed by atoms with Gasteiger partial charge in [0.1, 0.15) is 34.5 Å². The van der Waals surface area contributed by atoms with Gasteiger partial charge in [0.25, 0.3) is 0 Å². The molecule has 0 saturated carbocycles. The van der Waals surface area contributed by atoms with E-state index in [1.807, 2.05) is 97.1 Å². The minimum atomic E-state index is -1.96. The fraction of sp³-hybridized carbons (Fsp3) is 0.188. The summed E-state index contributed by atoms with van der Waals surface area (Å²) in [6.45, 7) is 17.9. The Bertz CT molecular complexity index is 3160. The monoisotopic (exact) mass is 986 g/mol. The van der Waals surface area contributed by atoms with E-state index in [0.717, 1.165) is 60.6 Å². The molecule has 362 valence electrons. The SMILES string of the molecule is CCC(C)(c1ccc(OP(Oc2ccc3ccccc3c2)Oc2ccc3ccccc3c2)c(C(C)(C)C)c1)c1ccc(OP(Oc2ccc3ccccc3c2)Oc2ccc3ccccc3c2)c(C(C)(C)C)c1. The van der Waals surface area contributed by atoms with Gasteiger partial charge < -0.3 is 27.1 Å². The average Bonchev–Trinajstić information content (AvgIpc) is 3.38. The molecule has 0 spiro atoms. The molecule has 0 bridgehead atoms. The van der Waals surface area contributed by atoms with E-state index in [-0.39, 0.29) is 16.2 Å². The highest BCUT2D eigenvalue weighted by molar-refractivity contribution is 7.43. The molecule has 0 aromatic heterocycles. The average molecular weight is 987 g/mol. The first-order valence-corrected chi connectivity index (χ1v) is 26.8.